The molecule has 1 rings (SSSR count). The fraction of sp³-hybridized carbons (Fsp3) is 0.571. The van der Waals surface area contributed by atoms with E-state index in [4.69, 9.17) is 14.2 Å². The van der Waals surface area contributed by atoms with E-state index in [0.29, 0.717) is 12.6 Å². The Morgan fingerprint density at radius 2 is 1.61 bits per heavy atom. The van der Waals surface area contributed by atoms with Gasteiger partial charge in [0, 0.05) is 24.7 Å². The standard InChI is InChI=1S/C14H23NO3/c1-6-10(2)15-9-12-13(17-4)7-11(16-3)8-14(12)18-5/h7-8,10,15H,6,9H2,1-5H3. The highest BCUT2D eigenvalue weighted by molar-refractivity contribution is 5.50. The van der Waals surface area contributed by atoms with Crippen molar-refractivity contribution >= 4 is 0 Å². The maximum absolute atomic E-state index is 5.40. The molecule has 1 atom stereocenters. The second-order valence-electron chi connectivity index (χ2n) is 4.20. The predicted octanol–water partition coefficient (Wildman–Crippen LogP) is 2.60. The molecule has 0 aromatic heterocycles. The molecule has 1 N–H and O–H groups in total. The summed E-state index contributed by atoms with van der Waals surface area (Å²) >= 11 is 0. The lowest BCUT2D eigenvalue weighted by Crippen LogP contribution is -2.25. The largest absolute Gasteiger partial charge is 0.496 e. The van der Waals surface area contributed by atoms with Crippen LogP contribution in [0.15, 0.2) is 12.1 Å². The van der Waals surface area contributed by atoms with Crippen molar-refractivity contribution in [2.24, 2.45) is 0 Å². The first-order valence-electron chi connectivity index (χ1n) is 6.18. The third-order valence-corrected chi connectivity index (χ3v) is 3.06. The number of hydrogen-bond acceptors (Lipinski definition) is 4. The maximum Gasteiger partial charge on any atom is 0.130 e. The van der Waals surface area contributed by atoms with Gasteiger partial charge in [0.15, 0.2) is 0 Å². The molecule has 1 unspecified atom stereocenters. The van der Waals surface area contributed by atoms with Crippen LogP contribution in [0.4, 0.5) is 0 Å². The van der Waals surface area contributed by atoms with Gasteiger partial charge >= 0.3 is 0 Å². The molecule has 0 bridgehead atoms. The molecule has 0 heterocycles. The maximum atomic E-state index is 5.40. The third-order valence-electron chi connectivity index (χ3n) is 3.06. The molecule has 0 amide bonds. The zero-order valence-corrected chi connectivity index (χ0v) is 11.9. The van der Waals surface area contributed by atoms with E-state index in [1.54, 1.807) is 21.3 Å². The molecule has 0 aliphatic rings. The van der Waals surface area contributed by atoms with Gasteiger partial charge in [-0.3, -0.25) is 0 Å². The lowest BCUT2D eigenvalue weighted by Gasteiger charge is -2.17. The molecule has 0 aliphatic heterocycles. The molecule has 0 radical (unpaired) electrons. The summed E-state index contributed by atoms with van der Waals surface area (Å²) < 4.78 is 16.0. The molecule has 1 aromatic rings. The van der Waals surface area contributed by atoms with E-state index in [0.717, 1.165) is 29.2 Å². The van der Waals surface area contributed by atoms with E-state index in [1.807, 2.05) is 12.1 Å². The van der Waals surface area contributed by atoms with Gasteiger partial charge in [0.25, 0.3) is 0 Å². The number of methoxy groups -OCH3 is 3. The van der Waals surface area contributed by atoms with Gasteiger partial charge in [-0.15, -0.1) is 0 Å². The van der Waals surface area contributed by atoms with Gasteiger partial charge in [-0.05, 0) is 13.3 Å². The number of nitrogens with one attached hydrogen (secondary N) is 1. The van der Waals surface area contributed by atoms with Gasteiger partial charge in [0.05, 0.1) is 26.9 Å². The highest BCUT2D eigenvalue weighted by Gasteiger charge is 2.13. The van der Waals surface area contributed by atoms with E-state index in [2.05, 4.69) is 19.2 Å². The third kappa shape index (κ3) is 3.53. The lowest BCUT2D eigenvalue weighted by molar-refractivity contribution is 0.364. The van der Waals surface area contributed by atoms with Crippen LogP contribution in [0.25, 0.3) is 0 Å². The van der Waals surface area contributed by atoms with Crippen molar-refractivity contribution in [1.82, 2.24) is 5.32 Å². The first kappa shape index (κ1) is 14.6. The quantitative estimate of drug-likeness (QED) is 0.811. The molecule has 4 heteroatoms. The summed E-state index contributed by atoms with van der Waals surface area (Å²) in [6.45, 7) is 5.02. The number of hydrogen-bond donors (Lipinski definition) is 1. The van der Waals surface area contributed by atoms with Crippen LogP contribution in [0.5, 0.6) is 17.2 Å². The average molecular weight is 253 g/mol. The van der Waals surface area contributed by atoms with Gasteiger partial charge in [-0.25, -0.2) is 0 Å². The van der Waals surface area contributed by atoms with Crippen LogP contribution < -0.4 is 19.5 Å². The Labute approximate surface area is 109 Å². The lowest BCUT2D eigenvalue weighted by atomic mass is 10.1. The van der Waals surface area contributed by atoms with Crippen molar-refractivity contribution < 1.29 is 14.2 Å². The highest BCUT2D eigenvalue weighted by Crippen LogP contribution is 2.33. The first-order chi connectivity index (χ1) is 8.65. The van der Waals surface area contributed by atoms with E-state index in [-0.39, 0.29) is 0 Å². The van der Waals surface area contributed by atoms with Gasteiger partial charge in [-0.2, -0.15) is 0 Å². The predicted molar refractivity (Wildman–Crippen MR) is 72.7 cm³/mol. The zero-order valence-electron chi connectivity index (χ0n) is 11.9. The van der Waals surface area contributed by atoms with Crippen LogP contribution in [0, 0.1) is 0 Å². The SMILES string of the molecule is CCC(C)NCc1c(OC)cc(OC)cc1OC. The summed E-state index contributed by atoms with van der Waals surface area (Å²) in [6.07, 6.45) is 1.08. The molecular formula is C14H23NO3. The summed E-state index contributed by atoms with van der Waals surface area (Å²) in [5.41, 5.74) is 1.01. The second-order valence-corrected chi connectivity index (χ2v) is 4.20. The minimum Gasteiger partial charge on any atom is -0.496 e. The Balaban J connectivity index is 2.99. The molecule has 4 nitrogen and oxygen atoms in total. The summed E-state index contributed by atoms with van der Waals surface area (Å²) in [7, 11) is 4.94. The minimum atomic E-state index is 0.460. The Kier molecular flexibility index (Phi) is 5.78. The van der Waals surface area contributed by atoms with Crippen LogP contribution in [0.1, 0.15) is 25.8 Å². The highest BCUT2D eigenvalue weighted by atomic mass is 16.5. The zero-order chi connectivity index (χ0) is 13.5. The van der Waals surface area contributed by atoms with Gasteiger partial charge < -0.3 is 19.5 Å². The smallest absolute Gasteiger partial charge is 0.130 e. The van der Waals surface area contributed by atoms with Crippen LogP contribution in [0.2, 0.25) is 0 Å². The van der Waals surface area contributed by atoms with Crippen molar-refractivity contribution in [3.8, 4) is 17.2 Å². The topological polar surface area (TPSA) is 39.7 Å². The molecule has 0 saturated carbocycles. The first-order valence-corrected chi connectivity index (χ1v) is 6.18. The average Bonchev–Trinajstić information content (AvgIpc) is 2.43. The van der Waals surface area contributed by atoms with Crippen LogP contribution in [0.3, 0.4) is 0 Å². The van der Waals surface area contributed by atoms with Crippen molar-refractivity contribution in [3.05, 3.63) is 17.7 Å². The fourth-order valence-corrected chi connectivity index (χ4v) is 1.67. The monoisotopic (exact) mass is 253 g/mol. The van der Waals surface area contributed by atoms with E-state index in [9.17, 15) is 0 Å². The van der Waals surface area contributed by atoms with E-state index in [1.165, 1.54) is 0 Å². The summed E-state index contributed by atoms with van der Waals surface area (Å²) in [5, 5.41) is 3.43. The molecule has 0 spiro atoms. The Bertz CT molecular complexity index is 354. The normalized spacial score (nSPS) is 12.1. The van der Waals surface area contributed by atoms with Crippen molar-refractivity contribution in [2.75, 3.05) is 21.3 Å². The van der Waals surface area contributed by atoms with Crippen molar-refractivity contribution in [2.45, 2.75) is 32.9 Å². The van der Waals surface area contributed by atoms with Crippen molar-refractivity contribution in [1.29, 1.82) is 0 Å². The molecule has 0 saturated heterocycles. The summed E-state index contributed by atoms with van der Waals surface area (Å²) in [5.74, 6) is 2.29. The van der Waals surface area contributed by atoms with Crippen LogP contribution in [-0.2, 0) is 6.54 Å². The molecular weight excluding hydrogens is 230 g/mol. The number of benzene rings is 1. The Morgan fingerprint density at radius 1 is 1.06 bits per heavy atom. The summed E-state index contributed by atoms with van der Waals surface area (Å²) in [6, 6.07) is 4.20. The molecule has 0 aliphatic carbocycles. The van der Waals surface area contributed by atoms with E-state index < -0.39 is 0 Å². The second kappa shape index (κ2) is 7.11. The molecule has 0 fully saturated rings. The van der Waals surface area contributed by atoms with Crippen LogP contribution >= 0.6 is 0 Å². The van der Waals surface area contributed by atoms with E-state index >= 15 is 0 Å². The number of rotatable bonds is 7. The number of ether oxygens (including phenoxy) is 3. The fourth-order valence-electron chi connectivity index (χ4n) is 1.67. The summed E-state index contributed by atoms with van der Waals surface area (Å²) in [4.78, 5) is 0. The molecule has 1 aromatic carbocycles. The van der Waals surface area contributed by atoms with Gasteiger partial charge in [-0.1, -0.05) is 6.92 Å². The Hall–Kier alpha value is -1.42. The molecule has 18 heavy (non-hydrogen) atoms. The van der Waals surface area contributed by atoms with Gasteiger partial charge in [0.2, 0.25) is 0 Å². The minimum absolute atomic E-state index is 0.460. The van der Waals surface area contributed by atoms with Crippen LogP contribution in [-0.4, -0.2) is 27.4 Å². The molecule has 102 valence electrons. The van der Waals surface area contributed by atoms with Gasteiger partial charge in [0.1, 0.15) is 17.2 Å². The Morgan fingerprint density at radius 3 is 2.00 bits per heavy atom. The van der Waals surface area contributed by atoms with Crippen molar-refractivity contribution in [3.63, 3.8) is 0 Å².